The highest BCUT2D eigenvalue weighted by Crippen LogP contribution is 2.43. The van der Waals surface area contributed by atoms with Crippen molar-refractivity contribution in [3.05, 3.63) is 141 Å². The van der Waals surface area contributed by atoms with Crippen molar-refractivity contribution in [2.45, 2.75) is 78.0 Å². The number of morpholine rings is 1. The molecule has 346 valence electrons. The van der Waals surface area contributed by atoms with E-state index in [1.54, 1.807) is 18.3 Å². The molecule has 4 aromatic carbocycles. The van der Waals surface area contributed by atoms with Crippen molar-refractivity contribution in [3.8, 4) is 33.9 Å². The van der Waals surface area contributed by atoms with Crippen molar-refractivity contribution in [1.29, 1.82) is 0 Å². The van der Waals surface area contributed by atoms with Gasteiger partial charge in [0.1, 0.15) is 18.1 Å². The van der Waals surface area contributed by atoms with E-state index in [1.165, 1.54) is 5.56 Å². The second-order valence-corrected chi connectivity index (χ2v) is 18.5. The van der Waals surface area contributed by atoms with E-state index in [9.17, 15) is 14.7 Å². The van der Waals surface area contributed by atoms with Crippen LogP contribution in [-0.2, 0) is 61.9 Å². The van der Waals surface area contributed by atoms with Crippen LogP contribution in [0.2, 0.25) is 0 Å². The van der Waals surface area contributed by atoms with Gasteiger partial charge in [-0.2, -0.15) is 5.10 Å². The number of carbonyl (C=O) groups excluding carboxylic acids is 3. The highest BCUT2D eigenvalue weighted by molar-refractivity contribution is 6.14. The lowest BCUT2D eigenvalue weighted by Crippen LogP contribution is -2.43. The van der Waals surface area contributed by atoms with Crippen LogP contribution in [0.3, 0.4) is 0 Å². The third kappa shape index (κ3) is 8.97. The van der Waals surface area contributed by atoms with E-state index in [4.69, 9.17) is 9.47 Å². The summed E-state index contributed by atoms with van der Waals surface area (Å²) in [5.41, 5.74) is 11.6. The van der Waals surface area contributed by atoms with Crippen LogP contribution in [0, 0.1) is 6.92 Å². The zero-order chi connectivity index (χ0) is 46.2. The SMILES string of the molecule is Cc1c(C(=O)Nc2cnn3c2CCCC3)c(-c2ccc(O)cc2)c(-c2cc3c(cc2C(=O)N2Cc4ccccc4C[C@H]2C)CN(C(=O)Cc2ccc(OCCN4CCOCC4)cc2)CC3)n1C. The number of phenolic OH excluding ortho intramolecular Hbond substituents is 1. The molecule has 4 aliphatic heterocycles. The van der Waals surface area contributed by atoms with Gasteiger partial charge < -0.3 is 34.3 Å². The number of hydrogen-bond donors (Lipinski definition) is 2. The topological polar surface area (TPSA) is 134 Å². The number of aromatic nitrogens is 3. The predicted molar refractivity (Wildman–Crippen MR) is 257 cm³/mol. The van der Waals surface area contributed by atoms with Gasteiger partial charge in [-0.25, -0.2) is 0 Å². The van der Waals surface area contributed by atoms with Crippen LogP contribution in [0.15, 0.2) is 91.1 Å². The lowest BCUT2D eigenvalue weighted by atomic mass is 9.87. The number of nitrogens with one attached hydrogen (secondary N) is 1. The van der Waals surface area contributed by atoms with Gasteiger partial charge >= 0.3 is 0 Å². The van der Waals surface area contributed by atoms with E-state index in [0.29, 0.717) is 55.0 Å². The summed E-state index contributed by atoms with van der Waals surface area (Å²) in [7, 11) is 1.95. The van der Waals surface area contributed by atoms with Crippen LogP contribution >= 0.6 is 0 Å². The Morgan fingerprint density at radius 1 is 0.866 bits per heavy atom. The Bertz CT molecular complexity index is 2820. The van der Waals surface area contributed by atoms with Crippen molar-refractivity contribution >= 4 is 23.4 Å². The number of benzene rings is 4. The molecule has 6 aromatic rings. The van der Waals surface area contributed by atoms with Crippen LogP contribution in [0.25, 0.3) is 22.4 Å². The average molecular weight is 902 g/mol. The van der Waals surface area contributed by atoms with Crippen LogP contribution in [-0.4, -0.2) is 104 Å². The van der Waals surface area contributed by atoms with Gasteiger partial charge in [0.25, 0.3) is 11.8 Å². The summed E-state index contributed by atoms with van der Waals surface area (Å²) < 4.78 is 15.5. The normalized spacial score (nSPS) is 17.1. The van der Waals surface area contributed by atoms with E-state index in [-0.39, 0.29) is 35.9 Å². The first kappa shape index (κ1) is 44.2. The Hall–Kier alpha value is -6.70. The molecule has 10 rings (SSSR count). The Morgan fingerprint density at radius 3 is 2.43 bits per heavy atom. The molecule has 1 fully saturated rings. The molecule has 2 aromatic heterocycles. The second kappa shape index (κ2) is 18.9. The highest BCUT2D eigenvalue weighted by Gasteiger charge is 2.35. The molecule has 13 nitrogen and oxygen atoms in total. The largest absolute Gasteiger partial charge is 0.508 e. The number of aromatic hydroxyl groups is 1. The zero-order valence-corrected chi connectivity index (χ0v) is 38.7. The van der Waals surface area contributed by atoms with Crippen molar-refractivity contribution in [2.24, 2.45) is 7.05 Å². The van der Waals surface area contributed by atoms with Gasteiger partial charge in [-0.3, -0.25) is 24.0 Å². The van der Waals surface area contributed by atoms with Gasteiger partial charge in [-0.1, -0.05) is 48.5 Å². The lowest BCUT2D eigenvalue weighted by Gasteiger charge is -2.36. The fourth-order valence-electron chi connectivity index (χ4n) is 10.4. The Morgan fingerprint density at radius 2 is 1.64 bits per heavy atom. The van der Waals surface area contributed by atoms with E-state index in [0.717, 1.165) is 121 Å². The second-order valence-electron chi connectivity index (χ2n) is 18.5. The van der Waals surface area contributed by atoms with E-state index >= 15 is 4.79 Å². The summed E-state index contributed by atoms with van der Waals surface area (Å²) in [4.78, 5) is 50.4. The summed E-state index contributed by atoms with van der Waals surface area (Å²) in [6.45, 7) is 11.0. The maximum absolute atomic E-state index is 15.4. The smallest absolute Gasteiger partial charge is 0.258 e. The lowest BCUT2D eigenvalue weighted by molar-refractivity contribution is -0.131. The molecule has 1 saturated heterocycles. The fourth-order valence-corrected chi connectivity index (χ4v) is 10.4. The molecule has 4 aliphatic rings. The number of phenols is 1. The number of nitrogens with zero attached hydrogens (tertiary/aromatic N) is 6. The number of hydrogen-bond acceptors (Lipinski definition) is 8. The predicted octanol–water partition coefficient (Wildman–Crippen LogP) is 7.58. The molecule has 0 unspecified atom stereocenters. The van der Waals surface area contributed by atoms with Gasteiger partial charge in [0.15, 0.2) is 0 Å². The molecule has 0 spiro atoms. The van der Waals surface area contributed by atoms with Crippen molar-refractivity contribution in [3.63, 3.8) is 0 Å². The molecule has 67 heavy (non-hydrogen) atoms. The van der Waals surface area contributed by atoms with Crippen molar-refractivity contribution < 1.29 is 29.0 Å². The number of carbonyl (C=O) groups is 3. The van der Waals surface area contributed by atoms with Gasteiger partial charge in [0.2, 0.25) is 5.91 Å². The minimum absolute atomic E-state index is 0.0212. The number of aryl methyl sites for hydroxylation is 1. The molecule has 2 N–H and O–H groups in total. The monoisotopic (exact) mass is 901 g/mol. The number of amides is 3. The van der Waals surface area contributed by atoms with E-state index in [1.807, 2.05) is 87.6 Å². The molecule has 6 heterocycles. The van der Waals surface area contributed by atoms with Gasteiger partial charge in [-0.05, 0) is 116 Å². The average Bonchev–Trinajstić information content (AvgIpc) is 3.87. The molecule has 0 radical (unpaired) electrons. The van der Waals surface area contributed by atoms with Crippen LogP contribution in [0.1, 0.15) is 79.7 Å². The van der Waals surface area contributed by atoms with E-state index in [2.05, 4.69) is 40.4 Å². The van der Waals surface area contributed by atoms with Gasteiger partial charge in [-0.15, -0.1) is 0 Å². The van der Waals surface area contributed by atoms with Crippen molar-refractivity contribution in [1.82, 2.24) is 29.0 Å². The Kier molecular flexibility index (Phi) is 12.4. The molecular formula is C54H59N7O6. The van der Waals surface area contributed by atoms with E-state index < -0.39 is 0 Å². The standard InChI is InChI=1S/C54H59N7O6/c1-35-28-39-8-4-5-9-41(39)34-60(35)54(65)46-31-42-33-59(49(63)29-37-11-17-44(18-12-37)67-27-24-58-22-25-66-26-23-58)21-19-40(42)30-45(46)52-51(38-13-15-43(62)16-14-38)50(36(2)57(52)3)53(64)56-47-32-55-61-20-7-6-10-48(47)61/h4-5,8-9,11-18,30-32,35,62H,6-7,10,19-29,33-34H2,1-3H3,(H,56,64)/t35-/m1/s1. The molecule has 13 heteroatoms. The van der Waals surface area contributed by atoms with Crippen molar-refractivity contribution in [2.75, 3.05) is 51.3 Å². The summed E-state index contributed by atoms with van der Waals surface area (Å²) in [5, 5.41) is 18.2. The number of ether oxygens (including phenoxy) is 2. The first-order valence-electron chi connectivity index (χ1n) is 23.8. The summed E-state index contributed by atoms with van der Waals surface area (Å²) in [6, 6.07) is 27.1. The molecule has 0 aliphatic carbocycles. The summed E-state index contributed by atoms with van der Waals surface area (Å²) >= 11 is 0. The molecule has 3 amide bonds. The van der Waals surface area contributed by atoms with Gasteiger partial charge in [0.05, 0.1) is 48.5 Å². The molecule has 0 bridgehead atoms. The maximum atomic E-state index is 15.4. The number of fused-ring (bicyclic) bond motifs is 3. The Balaban J connectivity index is 0.991. The van der Waals surface area contributed by atoms with Crippen LogP contribution in [0.4, 0.5) is 5.69 Å². The third-order valence-electron chi connectivity index (χ3n) is 14.3. The quantitative estimate of drug-likeness (QED) is 0.136. The number of anilines is 1. The third-order valence-corrected chi connectivity index (χ3v) is 14.3. The summed E-state index contributed by atoms with van der Waals surface area (Å²) in [6.07, 6.45) is 6.25. The fraction of sp³-hybridized carbons (Fsp3) is 0.370. The highest BCUT2D eigenvalue weighted by atomic mass is 16.5. The Labute approximate surface area is 391 Å². The first-order chi connectivity index (χ1) is 32.6. The van der Waals surface area contributed by atoms with Gasteiger partial charge in [0, 0.05) is 81.3 Å². The van der Waals surface area contributed by atoms with Crippen LogP contribution in [0.5, 0.6) is 11.5 Å². The minimum Gasteiger partial charge on any atom is -0.508 e. The number of rotatable bonds is 11. The minimum atomic E-state index is -0.268. The zero-order valence-electron chi connectivity index (χ0n) is 38.7. The molecule has 1 atom stereocenters. The molecule has 0 saturated carbocycles. The first-order valence-corrected chi connectivity index (χ1v) is 23.8. The summed E-state index contributed by atoms with van der Waals surface area (Å²) in [5.74, 6) is 0.537. The van der Waals surface area contributed by atoms with Crippen LogP contribution < -0.4 is 10.1 Å². The molecular weight excluding hydrogens is 843 g/mol. The maximum Gasteiger partial charge on any atom is 0.258 e.